The molecule has 5 rings (SSSR count). The van der Waals surface area contributed by atoms with E-state index in [2.05, 4.69) is 53.4 Å². The van der Waals surface area contributed by atoms with Crippen LogP contribution in [0.15, 0.2) is 48.5 Å². The smallest absolute Gasteiger partial charge is 0.231 e. The van der Waals surface area contributed by atoms with Crippen molar-refractivity contribution >= 4 is 0 Å². The molecule has 0 bridgehead atoms. The highest BCUT2D eigenvalue weighted by Gasteiger charge is 2.44. The van der Waals surface area contributed by atoms with E-state index >= 15 is 0 Å². The number of likely N-dealkylation sites (tertiary alicyclic amines) is 1. The molecule has 26 heavy (non-hydrogen) atoms. The van der Waals surface area contributed by atoms with Gasteiger partial charge in [0.15, 0.2) is 11.5 Å². The molecule has 4 nitrogen and oxygen atoms in total. The Balaban J connectivity index is 1.47. The molecule has 1 saturated heterocycles. The lowest BCUT2D eigenvalue weighted by atomic mass is 9.82. The fourth-order valence-electron chi connectivity index (χ4n) is 5.05. The first-order valence-corrected chi connectivity index (χ1v) is 9.73. The monoisotopic (exact) mass is 350 g/mol. The Morgan fingerprint density at radius 1 is 0.962 bits per heavy atom. The van der Waals surface area contributed by atoms with Crippen LogP contribution in [-0.2, 0) is 6.54 Å². The molecule has 4 unspecified atom stereocenters. The Morgan fingerprint density at radius 2 is 1.81 bits per heavy atom. The molecule has 0 aromatic heterocycles. The molecule has 2 fully saturated rings. The zero-order valence-electron chi connectivity index (χ0n) is 15.0. The molecule has 2 N–H and O–H groups in total. The molecule has 1 aliphatic carbocycles. The molecule has 2 aliphatic heterocycles. The number of nitrogens with zero attached hydrogens (tertiary/aromatic N) is 1. The minimum atomic E-state index is 0.331. The van der Waals surface area contributed by atoms with Crippen LogP contribution in [0.3, 0.4) is 0 Å². The fraction of sp³-hybridized carbons (Fsp3) is 0.455. The summed E-state index contributed by atoms with van der Waals surface area (Å²) in [6, 6.07) is 18.6. The molecule has 4 atom stereocenters. The van der Waals surface area contributed by atoms with E-state index in [0.29, 0.717) is 24.9 Å². The second kappa shape index (κ2) is 6.60. The number of ether oxygens (including phenoxy) is 2. The van der Waals surface area contributed by atoms with Gasteiger partial charge in [-0.3, -0.25) is 4.90 Å². The summed E-state index contributed by atoms with van der Waals surface area (Å²) >= 11 is 0. The third-order valence-electron chi connectivity index (χ3n) is 6.34. The van der Waals surface area contributed by atoms with E-state index in [9.17, 15) is 0 Å². The first-order chi connectivity index (χ1) is 12.8. The molecule has 2 heterocycles. The zero-order chi connectivity index (χ0) is 17.5. The molecule has 3 aliphatic rings. The van der Waals surface area contributed by atoms with E-state index in [1.807, 2.05) is 0 Å². The van der Waals surface area contributed by atoms with Crippen LogP contribution in [0.25, 0.3) is 0 Å². The van der Waals surface area contributed by atoms with E-state index in [1.165, 1.54) is 24.0 Å². The summed E-state index contributed by atoms with van der Waals surface area (Å²) in [5.74, 6) is 2.49. The standard InChI is InChI=1S/C22H26N2O2/c23-18-8-6-16-10-19(17-7-9-21-22(11-17)26-14-25-21)24(20(16)12-18)13-15-4-2-1-3-5-15/h1-5,7,9,11,16,18-20H,6,8,10,12-14,23H2. The van der Waals surface area contributed by atoms with Crippen LogP contribution in [0, 0.1) is 5.92 Å². The second-order valence-electron chi connectivity index (χ2n) is 7.92. The summed E-state index contributed by atoms with van der Waals surface area (Å²) in [5, 5.41) is 0. The van der Waals surface area contributed by atoms with E-state index in [-0.39, 0.29) is 0 Å². The SMILES string of the molecule is NC1CCC2CC(c3ccc4c(c3)OCO4)N(Cc3ccccc3)C2C1. The molecule has 2 aromatic carbocycles. The van der Waals surface area contributed by atoms with Gasteiger partial charge in [-0.05, 0) is 54.9 Å². The van der Waals surface area contributed by atoms with Gasteiger partial charge in [0.1, 0.15) is 0 Å². The van der Waals surface area contributed by atoms with Gasteiger partial charge in [0.25, 0.3) is 0 Å². The highest BCUT2D eigenvalue weighted by Crippen LogP contribution is 2.48. The summed E-state index contributed by atoms with van der Waals surface area (Å²) < 4.78 is 11.1. The summed E-state index contributed by atoms with van der Waals surface area (Å²) in [7, 11) is 0. The van der Waals surface area contributed by atoms with Gasteiger partial charge >= 0.3 is 0 Å². The topological polar surface area (TPSA) is 47.7 Å². The number of nitrogens with two attached hydrogens (primary N) is 1. The Bertz CT molecular complexity index is 779. The van der Waals surface area contributed by atoms with E-state index in [0.717, 1.165) is 36.8 Å². The Hall–Kier alpha value is -2.04. The number of rotatable bonds is 3. The molecule has 4 heteroatoms. The van der Waals surface area contributed by atoms with Crippen LogP contribution in [0.1, 0.15) is 42.9 Å². The summed E-state index contributed by atoms with van der Waals surface area (Å²) in [5.41, 5.74) is 9.06. The van der Waals surface area contributed by atoms with Crippen molar-refractivity contribution in [1.29, 1.82) is 0 Å². The molecular weight excluding hydrogens is 324 g/mol. The number of fused-ring (bicyclic) bond motifs is 2. The molecule has 136 valence electrons. The number of hydrogen-bond acceptors (Lipinski definition) is 4. The Morgan fingerprint density at radius 3 is 2.69 bits per heavy atom. The average Bonchev–Trinajstić information content (AvgIpc) is 3.27. The molecular formula is C22H26N2O2. The maximum atomic E-state index is 6.34. The molecule has 0 amide bonds. The van der Waals surface area contributed by atoms with Crippen molar-refractivity contribution in [3.63, 3.8) is 0 Å². The highest BCUT2D eigenvalue weighted by molar-refractivity contribution is 5.45. The summed E-state index contributed by atoms with van der Waals surface area (Å²) in [6.07, 6.45) is 4.73. The van der Waals surface area contributed by atoms with Gasteiger partial charge in [-0.1, -0.05) is 36.4 Å². The van der Waals surface area contributed by atoms with Gasteiger partial charge < -0.3 is 15.2 Å². The van der Waals surface area contributed by atoms with Gasteiger partial charge in [-0.15, -0.1) is 0 Å². The average molecular weight is 350 g/mol. The second-order valence-corrected chi connectivity index (χ2v) is 7.92. The fourth-order valence-corrected chi connectivity index (χ4v) is 5.05. The van der Waals surface area contributed by atoms with Crippen LogP contribution in [0.4, 0.5) is 0 Å². The normalized spacial score (nSPS) is 30.3. The van der Waals surface area contributed by atoms with Crippen LogP contribution < -0.4 is 15.2 Å². The maximum absolute atomic E-state index is 6.34. The first kappa shape index (κ1) is 16.2. The van der Waals surface area contributed by atoms with Crippen molar-refractivity contribution in [2.75, 3.05) is 6.79 Å². The largest absolute Gasteiger partial charge is 0.454 e. The lowest BCUT2D eigenvalue weighted by molar-refractivity contribution is 0.134. The quantitative estimate of drug-likeness (QED) is 0.913. The van der Waals surface area contributed by atoms with E-state index in [4.69, 9.17) is 15.2 Å². The van der Waals surface area contributed by atoms with Crippen LogP contribution in [0.5, 0.6) is 11.5 Å². The molecule has 2 aromatic rings. The minimum absolute atomic E-state index is 0.331. The summed E-state index contributed by atoms with van der Waals surface area (Å²) in [4.78, 5) is 2.69. The van der Waals surface area contributed by atoms with Crippen molar-refractivity contribution in [3.05, 3.63) is 59.7 Å². The third-order valence-corrected chi connectivity index (χ3v) is 6.34. The maximum Gasteiger partial charge on any atom is 0.231 e. The Labute approximate surface area is 154 Å². The zero-order valence-corrected chi connectivity index (χ0v) is 15.0. The minimum Gasteiger partial charge on any atom is -0.454 e. The van der Waals surface area contributed by atoms with Gasteiger partial charge in [0.2, 0.25) is 6.79 Å². The lowest BCUT2D eigenvalue weighted by Crippen LogP contribution is -2.42. The third kappa shape index (κ3) is 2.87. The van der Waals surface area contributed by atoms with Gasteiger partial charge in [-0.25, -0.2) is 0 Å². The van der Waals surface area contributed by atoms with Gasteiger partial charge in [-0.2, -0.15) is 0 Å². The Kier molecular flexibility index (Phi) is 4.10. The first-order valence-electron chi connectivity index (χ1n) is 9.73. The van der Waals surface area contributed by atoms with Crippen molar-refractivity contribution in [2.45, 2.75) is 50.4 Å². The molecule has 0 radical (unpaired) electrons. The van der Waals surface area contributed by atoms with Crippen molar-refractivity contribution in [2.24, 2.45) is 11.7 Å². The predicted molar refractivity (Wildman–Crippen MR) is 101 cm³/mol. The van der Waals surface area contributed by atoms with E-state index < -0.39 is 0 Å². The van der Waals surface area contributed by atoms with Crippen molar-refractivity contribution in [3.8, 4) is 11.5 Å². The lowest BCUT2D eigenvalue weighted by Gasteiger charge is -2.36. The highest BCUT2D eigenvalue weighted by atomic mass is 16.7. The van der Waals surface area contributed by atoms with Crippen molar-refractivity contribution < 1.29 is 9.47 Å². The van der Waals surface area contributed by atoms with Gasteiger partial charge in [0, 0.05) is 24.7 Å². The summed E-state index contributed by atoms with van der Waals surface area (Å²) in [6.45, 7) is 1.31. The number of benzene rings is 2. The van der Waals surface area contributed by atoms with E-state index in [1.54, 1.807) is 0 Å². The number of hydrogen-bond donors (Lipinski definition) is 1. The van der Waals surface area contributed by atoms with Crippen molar-refractivity contribution in [1.82, 2.24) is 4.90 Å². The van der Waals surface area contributed by atoms with Gasteiger partial charge in [0.05, 0.1) is 0 Å². The molecule has 0 spiro atoms. The van der Waals surface area contributed by atoms with Crippen LogP contribution in [-0.4, -0.2) is 23.8 Å². The van der Waals surface area contributed by atoms with Crippen LogP contribution >= 0.6 is 0 Å². The molecule has 1 saturated carbocycles. The predicted octanol–water partition coefficient (Wildman–Crippen LogP) is 3.86. The van der Waals surface area contributed by atoms with Crippen LogP contribution in [0.2, 0.25) is 0 Å².